The van der Waals surface area contributed by atoms with Crippen LogP contribution in [0, 0.1) is 9.54 Å². The predicted molar refractivity (Wildman–Crippen MR) is 113 cm³/mol. The number of carbonyl (C=O) groups is 1. The maximum absolute atomic E-state index is 12.9. The second-order valence-electron chi connectivity index (χ2n) is 6.30. The molecule has 3 aromatic rings. The minimum absolute atomic E-state index is 0.116. The van der Waals surface area contributed by atoms with E-state index in [-0.39, 0.29) is 5.78 Å². The molecular formula is C20H18N4O2S2. The molecule has 28 heavy (non-hydrogen) atoms. The van der Waals surface area contributed by atoms with E-state index in [9.17, 15) is 4.79 Å². The van der Waals surface area contributed by atoms with Crippen LogP contribution in [0.1, 0.15) is 23.2 Å². The molecule has 142 valence electrons. The van der Waals surface area contributed by atoms with Crippen molar-refractivity contribution in [3.8, 4) is 5.69 Å². The van der Waals surface area contributed by atoms with Crippen molar-refractivity contribution >= 4 is 41.6 Å². The van der Waals surface area contributed by atoms with Crippen LogP contribution in [0.15, 0.2) is 60.4 Å². The van der Waals surface area contributed by atoms with E-state index in [0.717, 1.165) is 24.2 Å². The number of nitrogens with one attached hydrogen (secondary N) is 3. The number of rotatable bonds is 5. The number of ether oxygens (including phenoxy) is 1. The number of Topliss-reactive ketones (excluding diaryl/α,β-unsaturated/α-hetero) is 1. The number of aromatic amines is 2. The quantitative estimate of drug-likeness (QED) is 0.398. The molecule has 2 aromatic carbocycles. The first-order valence-corrected chi connectivity index (χ1v) is 9.69. The van der Waals surface area contributed by atoms with Gasteiger partial charge in [0, 0.05) is 16.9 Å². The summed E-state index contributed by atoms with van der Waals surface area (Å²) in [7, 11) is 0. The monoisotopic (exact) mass is 410 g/mol. The number of ketones is 1. The van der Waals surface area contributed by atoms with Gasteiger partial charge in [0.15, 0.2) is 15.3 Å². The van der Waals surface area contributed by atoms with Gasteiger partial charge in [-0.25, -0.2) is 0 Å². The van der Waals surface area contributed by atoms with Gasteiger partial charge in [0.25, 0.3) is 0 Å². The van der Waals surface area contributed by atoms with Gasteiger partial charge in [0.1, 0.15) is 0 Å². The summed E-state index contributed by atoms with van der Waals surface area (Å²) in [5.74, 6) is 0.299. The first-order chi connectivity index (χ1) is 13.6. The minimum atomic E-state index is -0.116. The number of hydrogen-bond acceptors (Lipinski definition) is 5. The summed E-state index contributed by atoms with van der Waals surface area (Å²) in [6.45, 7) is 0.576. The van der Waals surface area contributed by atoms with Crippen LogP contribution in [0.5, 0.6) is 0 Å². The fourth-order valence-electron chi connectivity index (χ4n) is 3.06. The Hall–Kier alpha value is -2.97. The molecule has 0 saturated heterocycles. The van der Waals surface area contributed by atoms with Crippen molar-refractivity contribution < 1.29 is 9.53 Å². The van der Waals surface area contributed by atoms with Gasteiger partial charge in [-0.1, -0.05) is 18.2 Å². The summed E-state index contributed by atoms with van der Waals surface area (Å²) in [4.78, 5) is 12.9. The molecule has 0 bridgehead atoms. The highest BCUT2D eigenvalue weighted by Crippen LogP contribution is 2.26. The van der Waals surface area contributed by atoms with Gasteiger partial charge in [-0.15, -0.1) is 0 Å². The molecule has 0 aliphatic carbocycles. The minimum Gasteiger partial charge on any atom is -0.490 e. The van der Waals surface area contributed by atoms with E-state index >= 15 is 0 Å². The van der Waals surface area contributed by atoms with Crippen LogP contribution in [-0.2, 0) is 4.74 Å². The fraction of sp³-hybridized carbons (Fsp3) is 0.150. The van der Waals surface area contributed by atoms with Gasteiger partial charge in [-0.05, 0) is 73.7 Å². The summed E-state index contributed by atoms with van der Waals surface area (Å²) in [6, 6.07) is 15.1. The van der Waals surface area contributed by atoms with Crippen molar-refractivity contribution in [1.82, 2.24) is 14.8 Å². The Kier molecular flexibility index (Phi) is 5.23. The van der Waals surface area contributed by atoms with Crippen molar-refractivity contribution in [2.45, 2.75) is 12.8 Å². The number of para-hydroxylation sites is 1. The summed E-state index contributed by atoms with van der Waals surface area (Å²) in [5, 5.41) is 8.99. The number of hydrogen-bond donors (Lipinski definition) is 3. The molecule has 0 fully saturated rings. The van der Waals surface area contributed by atoms with Gasteiger partial charge in [-0.3, -0.25) is 19.6 Å². The van der Waals surface area contributed by atoms with Crippen molar-refractivity contribution in [2.75, 3.05) is 11.9 Å². The fourth-order valence-corrected chi connectivity index (χ4v) is 3.62. The highest BCUT2D eigenvalue weighted by molar-refractivity contribution is 7.72. The Labute approximate surface area is 171 Å². The first-order valence-electron chi connectivity index (χ1n) is 8.87. The van der Waals surface area contributed by atoms with Crippen LogP contribution < -0.4 is 5.32 Å². The lowest BCUT2D eigenvalue weighted by Crippen LogP contribution is -2.13. The number of H-pyrrole nitrogens is 2. The topological polar surface area (TPSA) is 74.8 Å². The Bertz CT molecular complexity index is 1150. The maximum Gasteiger partial charge on any atom is 0.229 e. The molecule has 0 radical (unpaired) electrons. The highest BCUT2D eigenvalue weighted by atomic mass is 32.1. The van der Waals surface area contributed by atoms with Crippen LogP contribution in [0.3, 0.4) is 0 Å². The van der Waals surface area contributed by atoms with Crippen LogP contribution in [0.4, 0.5) is 11.4 Å². The molecule has 1 aliphatic rings. The Morgan fingerprint density at radius 3 is 2.61 bits per heavy atom. The zero-order valence-electron chi connectivity index (χ0n) is 14.9. The molecule has 0 atom stereocenters. The van der Waals surface area contributed by atoms with Gasteiger partial charge in [0.05, 0.1) is 12.3 Å². The van der Waals surface area contributed by atoms with E-state index in [1.165, 1.54) is 0 Å². The number of nitrogens with zero attached hydrogens (tertiary/aromatic N) is 1. The molecule has 2 heterocycles. The Morgan fingerprint density at radius 2 is 1.86 bits per heavy atom. The van der Waals surface area contributed by atoms with E-state index in [4.69, 9.17) is 29.2 Å². The second kappa shape index (κ2) is 7.95. The third kappa shape index (κ3) is 3.69. The normalized spacial score (nSPS) is 13.5. The molecular weight excluding hydrogens is 392 g/mol. The summed E-state index contributed by atoms with van der Waals surface area (Å²) >= 11 is 10.6. The lowest BCUT2D eigenvalue weighted by Gasteiger charge is -2.16. The van der Waals surface area contributed by atoms with Crippen LogP contribution in [0.25, 0.3) is 5.69 Å². The molecule has 0 spiro atoms. The number of allylic oxidation sites excluding steroid dienone is 2. The van der Waals surface area contributed by atoms with E-state index < -0.39 is 0 Å². The molecule has 1 aromatic heterocycles. The molecule has 4 rings (SSSR count). The molecule has 3 N–H and O–H groups in total. The number of benzene rings is 2. The smallest absolute Gasteiger partial charge is 0.229 e. The lowest BCUT2D eigenvalue weighted by atomic mass is 10.0. The molecule has 1 aliphatic heterocycles. The molecule has 0 saturated carbocycles. The molecule has 6 nitrogen and oxygen atoms in total. The van der Waals surface area contributed by atoms with E-state index in [2.05, 4.69) is 15.5 Å². The zero-order chi connectivity index (χ0) is 19.5. The Morgan fingerprint density at radius 1 is 1.07 bits per heavy atom. The Balaban J connectivity index is 1.67. The third-order valence-electron chi connectivity index (χ3n) is 4.40. The summed E-state index contributed by atoms with van der Waals surface area (Å²) < 4.78 is 8.24. The molecule has 0 amide bonds. The third-order valence-corrected chi connectivity index (χ3v) is 4.97. The van der Waals surface area contributed by atoms with Crippen LogP contribution >= 0.6 is 24.4 Å². The van der Waals surface area contributed by atoms with Crippen molar-refractivity contribution in [1.29, 1.82) is 0 Å². The maximum atomic E-state index is 12.9. The first kappa shape index (κ1) is 18.4. The molecule has 0 unspecified atom stereocenters. The van der Waals surface area contributed by atoms with Gasteiger partial charge >= 0.3 is 0 Å². The summed E-state index contributed by atoms with van der Waals surface area (Å²) in [5.41, 5.74) is 2.91. The van der Waals surface area contributed by atoms with Gasteiger partial charge < -0.3 is 10.1 Å². The number of aromatic nitrogens is 3. The largest absolute Gasteiger partial charge is 0.490 e. The van der Waals surface area contributed by atoms with Crippen molar-refractivity contribution in [3.63, 3.8) is 0 Å². The van der Waals surface area contributed by atoms with Gasteiger partial charge in [-0.2, -0.15) is 0 Å². The number of anilines is 2. The lowest BCUT2D eigenvalue weighted by molar-refractivity contribution is 0.0900. The summed E-state index contributed by atoms with van der Waals surface area (Å²) in [6.07, 6.45) is 3.66. The average molecular weight is 411 g/mol. The predicted octanol–water partition coefficient (Wildman–Crippen LogP) is 5.21. The van der Waals surface area contributed by atoms with Crippen LogP contribution in [0.2, 0.25) is 0 Å². The van der Waals surface area contributed by atoms with E-state index in [1.807, 2.05) is 48.5 Å². The standard InChI is InChI=1S/C20H18N4O2S2/c25-18(17-10-3-4-11-26-17)15-8-1-2-9-16(15)21-13-6-5-7-14(12-13)24-19(27)22-23-20(24)28/h1-2,5-10,12,21H,3-4,11H2,(H,22,27)(H,23,28). The van der Waals surface area contributed by atoms with Gasteiger partial charge in [0.2, 0.25) is 5.78 Å². The zero-order valence-corrected chi connectivity index (χ0v) is 16.5. The number of carbonyl (C=O) groups excluding carboxylic acids is 1. The highest BCUT2D eigenvalue weighted by Gasteiger charge is 2.19. The van der Waals surface area contributed by atoms with Crippen molar-refractivity contribution in [2.24, 2.45) is 0 Å². The van der Waals surface area contributed by atoms with Crippen molar-refractivity contribution in [3.05, 3.63) is 75.5 Å². The SMILES string of the molecule is O=C(C1=CCCCO1)c1ccccc1Nc1cccc(-n2c(=S)[nH][nH]c2=S)c1. The second-order valence-corrected chi connectivity index (χ2v) is 7.08. The van der Waals surface area contributed by atoms with E-state index in [1.54, 1.807) is 10.6 Å². The van der Waals surface area contributed by atoms with Crippen LogP contribution in [-0.4, -0.2) is 27.2 Å². The average Bonchev–Trinajstić information content (AvgIpc) is 3.07. The molecule has 8 heteroatoms. The van der Waals surface area contributed by atoms with E-state index in [0.29, 0.717) is 33.2 Å².